The molecule has 4 aliphatic carbocycles. The number of nitrogens with zero attached hydrogens (tertiary/aromatic N) is 1. The van der Waals surface area contributed by atoms with E-state index in [4.69, 9.17) is 4.42 Å². The molecule has 2 aromatic heterocycles. The molecule has 4 saturated carbocycles. The number of furan rings is 1. The predicted octanol–water partition coefficient (Wildman–Crippen LogP) is 1.63. The van der Waals surface area contributed by atoms with E-state index in [-0.39, 0.29) is 65.9 Å². The van der Waals surface area contributed by atoms with Crippen molar-refractivity contribution >= 4 is 52.0 Å². The van der Waals surface area contributed by atoms with Crippen molar-refractivity contribution in [3.8, 4) is 0 Å². The fourth-order valence-corrected chi connectivity index (χ4v) is 8.30. The molecule has 3 atom stereocenters. The number of nitrogens with one attached hydrogen (secondary N) is 5. The molecular weight excluding hydrogens is 632 g/mol. The number of amides is 5. The van der Waals surface area contributed by atoms with Crippen LogP contribution in [-0.4, -0.2) is 64.6 Å². The predicted molar refractivity (Wildman–Crippen MR) is 177 cm³/mol. The van der Waals surface area contributed by atoms with Crippen molar-refractivity contribution in [1.29, 1.82) is 0 Å². The summed E-state index contributed by atoms with van der Waals surface area (Å²) in [6.45, 7) is 1.27. The van der Waals surface area contributed by atoms with E-state index in [1.807, 2.05) is 0 Å². The van der Waals surface area contributed by atoms with Gasteiger partial charge in [-0.15, -0.1) is 0 Å². The molecule has 0 spiro atoms. The Morgan fingerprint density at radius 1 is 1.02 bits per heavy atom. The number of hydrogen-bond donors (Lipinski definition) is 5. The van der Waals surface area contributed by atoms with Gasteiger partial charge in [0.25, 0.3) is 17.4 Å². The van der Waals surface area contributed by atoms with Gasteiger partial charge in [-0.3, -0.25) is 33.6 Å². The molecule has 2 unspecified atom stereocenters. The topological polar surface area (TPSA) is 198 Å². The van der Waals surface area contributed by atoms with Crippen LogP contribution in [0.4, 0.5) is 5.69 Å². The highest BCUT2D eigenvalue weighted by molar-refractivity contribution is 6.36. The van der Waals surface area contributed by atoms with Gasteiger partial charge in [0.05, 0.1) is 6.26 Å². The number of hydrogen-bond acceptors (Lipinski definition) is 8. The number of carbonyl (C=O) groups excluding carboxylic acids is 6. The summed E-state index contributed by atoms with van der Waals surface area (Å²) in [4.78, 5) is 89.2. The Balaban J connectivity index is 1.12. The minimum atomic E-state index is -1.28. The molecule has 49 heavy (non-hydrogen) atoms. The third-order valence-corrected chi connectivity index (χ3v) is 10.1. The summed E-state index contributed by atoms with van der Waals surface area (Å²) in [5, 5.41) is 14.4. The zero-order chi connectivity index (χ0) is 34.9. The second-order valence-corrected chi connectivity index (χ2v) is 13.6. The Morgan fingerprint density at radius 3 is 2.49 bits per heavy atom. The molecule has 2 heterocycles. The van der Waals surface area contributed by atoms with E-state index in [0.717, 1.165) is 32.1 Å². The molecular formula is C35H40N6O8. The van der Waals surface area contributed by atoms with E-state index in [1.165, 1.54) is 42.3 Å². The molecule has 0 aliphatic heterocycles. The summed E-state index contributed by atoms with van der Waals surface area (Å²) >= 11 is 0. The monoisotopic (exact) mass is 672 g/mol. The number of likely N-dealkylation sites (N-methyl/N-ethyl adjacent to an activating group) is 1. The Bertz CT molecular complexity index is 1860. The van der Waals surface area contributed by atoms with Crippen LogP contribution in [0.25, 0.3) is 11.0 Å². The van der Waals surface area contributed by atoms with Gasteiger partial charge in [0, 0.05) is 49.1 Å². The van der Waals surface area contributed by atoms with Crippen molar-refractivity contribution in [3.05, 3.63) is 64.8 Å². The van der Waals surface area contributed by atoms with Gasteiger partial charge in [-0.2, -0.15) is 0 Å². The lowest BCUT2D eigenvalue weighted by Gasteiger charge is -2.60. The highest BCUT2D eigenvalue weighted by atomic mass is 16.3. The van der Waals surface area contributed by atoms with Crippen LogP contribution in [0.2, 0.25) is 0 Å². The lowest BCUT2D eigenvalue weighted by molar-refractivity contribution is -0.137. The summed E-state index contributed by atoms with van der Waals surface area (Å²) < 4.78 is 6.51. The number of fused-ring (bicyclic) bond motifs is 1. The van der Waals surface area contributed by atoms with Crippen molar-refractivity contribution in [3.63, 3.8) is 0 Å². The van der Waals surface area contributed by atoms with Gasteiger partial charge < -0.3 is 35.6 Å². The van der Waals surface area contributed by atoms with Gasteiger partial charge in [-0.1, -0.05) is 0 Å². The van der Waals surface area contributed by atoms with Gasteiger partial charge >= 0.3 is 0 Å². The maximum absolute atomic E-state index is 13.5. The van der Waals surface area contributed by atoms with Crippen LogP contribution in [0, 0.1) is 17.8 Å². The number of anilines is 1. The normalized spacial score (nSPS) is 24.1. The Morgan fingerprint density at radius 2 is 1.78 bits per heavy atom. The summed E-state index contributed by atoms with van der Waals surface area (Å²) in [7, 11) is 1.31. The molecule has 4 aliphatic rings. The zero-order valence-corrected chi connectivity index (χ0v) is 27.4. The molecule has 0 saturated heterocycles. The molecule has 14 nitrogen and oxygen atoms in total. The van der Waals surface area contributed by atoms with Crippen LogP contribution in [0.1, 0.15) is 62.2 Å². The quantitative estimate of drug-likeness (QED) is 0.179. The van der Waals surface area contributed by atoms with E-state index in [2.05, 4.69) is 26.6 Å². The number of benzene rings is 1. The average Bonchev–Trinajstić information content (AvgIpc) is 3.53. The van der Waals surface area contributed by atoms with Crippen LogP contribution in [0.15, 0.2) is 58.1 Å². The van der Waals surface area contributed by atoms with E-state index in [0.29, 0.717) is 16.9 Å². The Labute approximate surface area is 281 Å². The van der Waals surface area contributed by atoms with Crippen molar-refractivity contribution < 1.29 is 33.2 Å². The van der Waals surface area contributed by atoms with Crippen LogP contribution in [0.5, 0.6) is 0 Å². The number of Topliss-reactive ketones (excluding diaryl/α,β-unsaturated/α-hetero) is 1. The molecule has 4 fully saturated rings. The van der Waals surface area contributed by atoms with Gasteiger partial charge in [-0.05, 0) is 92.7 Å². The molecule has 5 amide bonds. The minimum absolute atomic E-state index is 0.0350. The first-order chi connectivity index (χ1) is 23.4. The van der Waals surface area contributed by atoms with Crippen LogP contribution in [-0.2, 0) is 30.5 Å². The standard InChI is InChI=1S/C35H40N6O8/c1-19(42)40-35-15-20-12-23(16-35)30(24(13-20)17-35)39-29(44)18-41-10-3-4-26(34(41)48)38-32(46)25(6-7-27(43)33(47)36-2)37-31(45)22-5-8-28-21(14-22)9-11-49-28/h3-5,8-11,14,20,23-25,30H,6-7,12-13,15-18H2,1-2H3,(H,36,47)(H,37,45)(H,38,46)(H,39,44)(H,40,42)/t20?,23?,24?,25-,30?,35?/m0/s1. The first-order valence-electron chi connectivity index (χ1n) is 16.5. The van der Waals surface area contributed by atoms with Crippen LogP contribution < -0.4 is 32.1 Å². The second kappa shape index (κ2) is 13.7. The lowest BCUT2D eigenvalue weighted by atomic mass is 9.51. The molecule has 258 valence electrons. The number of rotatable bonds is 12. The van der Waals surface area contributed by atoms with Gasteiger partial charge in [0.2, 0.25) is 23.5 Å². The maximum atomic E-state index is 13.5. The van der Waals surface area contributed by atoms with Crippen LogP contribution in [0.3, 0.4) is 0 Å². The summed E-state index contributed by atoms with van der Waals surface area (Å²) in [6.07, 6.45) is 6.98. The molecule has 14 heteroatoms. The number of ketones is 1. The van der Waals surface area contributed by atoms with E-state index in [1.54, 1.807) is 25.1 Å². The van der Waals surface area contributed by atoms with Gasteiger partial charge in [0.1, 0.15) is 23.9 Å². The SMILES string of the molecule is CNC(=O)C(=O)CC[C@H](NC(=O)c1ccc2occc2c1)C(=O)Nc1cccn(CC(=O)NC2C3CC4CC2CC(NC(C)=O)(C4)C3)c1=O. The molecule has 0 radical (unpaired) electrons. The molecule has 5 N–H and O–H groups in total. The molecule has 1 aromatic carbocycles. The van der Waals surface area contributed by atoms with E-state index < -0.39 is 35.1 Å². The summed E-state index contributed by atoms with van der Waals surface area (Å²) in [5.74, 6) is -2.34. The van der Waals surface area contributed by atoms with E-state index >= 15 is 0 Å². The fraction of sp³-hybridized carbons (Fsp3) is 0.457. The average molecular weight is 673 g/mol. The first kappa shape index (κ1) is 33.6. The molecule has 3 aromatic rings. The molecule has 4 bridgehead atoms. The maximum Gasteiger partial charge on any atom is 0.287 e. The summed E-state index contributed by atoms with van der Waals surface area (Å²) in [5.41, 5.74) is -0.138. The van der Waals surface area contributed by atoms with E-state index in [9.17, 15) is 33.6 Å². The van der Waals surface area contributed by atoms with Crippen LogP contribution >= 0.6 is 0 Å². The second-order valence-electron chi connectivity index (χ2n) is 13.6. The molecule has 7 rings (SSSR count). The first-order valence-corrected chi connectivity index (χ1v) is 16.5. The Hall–Kier alpha value is -5.27. The number of pyridine rings is 1. The highest BCUT2D eigenvalue weighted by Gasteiger charge is 2.56. The van der Waals surface area contributed by atoms with Crippen molar-refractivity contribution in [2.24, 2.45) is 17.8 Å². The fourth-order valence-electron chi connectivity index (χ4n) is 8.30. The van der Waals surface area contributed by atoms with Gasteiger partial charge in [0.15, 0.2) is 0 Å². The van der Waals surface area contributed by atoms with Crippen molar-refractivity contribution in [2.45, 2.75) is 76.0 Å². The Kier molecular flexibility index (Phi) is 9.39. The lowest BCUT2D eigenvalue weighted by Crippen LogP contribution is -2.66. The number of aromatic nitrogens is 1. The zero-order valence-electron chi connectivity index (χ0n) is 27.4. The largest absolute Gasteiger partial charge is 0.464 e. The third kappa shape index (κ3) is 7.27. The van der Waals surface area contributed by atoms with Crippen molar-refractivity contribution in [2.75, 3.05) is 12.4 Å². The highest BCUT2D eigenvalue weighted by Crippen LogP contribution is 2.55. The van der Waals surface area contributed by atoms with Gasteiger partial charge in [-0.25, -0.2) is 0 Å². The number of carbonyl (C=O) groups is 6. The minimum Gasteiger partial charge on any atom is -0.464 e. The third-order valence-electron chi connectivity index (χ3n) is 10.1. The van der Waals surface area contributed by atoms with Crippen molar-refractivity contribution in [1.82, 2.24) is 25.8 Å². The smallest absolute Gasteiger partial charge is 0.287 e. The summed E-state index contributed by atoms with van der Waals surface area (Å²) in [6, 6.07) is 7.99.